The molecule has 150 valence electrons. The molecule has 0 saturated carbocycles. The summed E-state index contributed by atoms with van der Waals surface area (Å²) >= 11 is 0. The van der Waals surface area contributed by atoms with E-state index in [1.807, 2.05) is 0 Å². The minimum atomic E-state index is -0.640. The molecule has 3 rings (SSSR count). The highest BCUT2D eigenvalue weighted by Crippen LogP contribution is 2.22. The lowest BCUT2D eigenvalue weighted by Gasteiger charge is -2.19. The van der Waals surface area contributed by atoms with Gasteiger partial charge in [0.25, 0.3) is 11.5 Å². The Kier molecular flexibility index (Phi) is 5.92. The molecular formula is C21H21N3O5. The maximum absolute atomic E-state index is 13.0. The second-order valence-corrected chi connectivity index (χ2v) is 6.40. The van der Waals surface area contributed by atoms with E-state index >= 15 is 0 Å². The van der Waals surface area contributed by atoms with Crippen LogP contribution in [-0.4, -0.2) is 35.9 Å². The van der Waals surface area contributed by atoms with Crippen LogP contribution in [0, 0.1) is 0 Å². The Hall–Kier alpha value is -3.68. The van der Waals surface area contributed by atoms with Crippen LogP contribution in [-0.2, 0) is 16.6 Å². The van der Waals surface area contributed by atoms with E-state index < -0.39 is 17.9 Å². The number of carbonyl (C=O) groups is 2. The summed E-state index contributed by atoms with van der Waals surface area (Å²) < 4.78 is 11.0. The van der Waals surface area contributed by atoms with Gasteiger partial charge in [-0.05, 0) is 23.8 Å². The molecule has 0 aliphatic heterocycles. The largest absolute Gasteiger partial charge is 0.497 e. The van der Waals surface area contributed by atoms with Gasteiger partial charge in [0.1, 0.15) is 5.75 Å². The maximum atomic E-state index is 13.0. The van der Waals surface area contributed by atoms with Crippen molar-refractivity contribution in [3.8, 4) is 5.75 Å². The highest BCUT2D eigenvalue weighted by atomic mass is 16.5. The number of aryl methyl sites for hydroxylation is 1. The van der Waals surface area contributed by atoms with Crippen molar-refractivity contribution in [3.63, 3.8) is 0 Å². The lowest BCUT2D eigenvalue weighted by atomic mass is 10.0. The quantitative estimate of drug-likeness (QED) is 0.641. The van der Waals surface area contributed by atoms with Crippen molar-refractivity contribution in [2.45, 2.75) is 12.5 Å². The Morgan fingerprint density at radius 1 is 1.07 bits per heavy atom. The molecule has 1 atom stereocenters. The molecule has 1 amide bonds. The molecule has 1 heterocycles. The van der Waals surface area contributed by atoms with Crippen molar-refractivity contribution in [3.05, 3.63) is 70.1 Å². The number of ether oxygens (including phenoxy) is 2. The molecule has 8 nitrogen and oxygen atoms in total. The van der Waals surface area contributed by atoms with Crippen LogP contribution in [0.5, 0.6) is 5.75 Å². The lowest BCUT2D eigenvalue weighted by molar-refractivity contribution is -0.141. The minimum absolute atomic E-state index is 0.0573. The summed E-state index contributed by atoms with van der Waals surface area (Å²) in [7, 11) is 4.33. The highest BCUT2D eigenvalue weighted by Gasteiger charge is 2.23. The Bertz CT molecular complexity index is 1110. The third-order valence-corrected chi connectivity index (χ3v) is 4.59. The topological polar surface area (TPSA) is 99.5 Å². The maximum Gasteiger partial charge on any atom is 0.307 e. The van der Waals surface area contributed by atoms with Crippen LogP contribution in [0.15, 0.2) is 53.3 Å². The molecule has 0 saturated heterocycles. The monoisotopic (exact) mass is 395 g/mol. The van der Waals surface area contributed by atoms with Crippen LogP contribution < -0.4 is 15.6 Å². The van der Waals surface area contributed by atoms with Gasteiger partial charge in [0.05, 0.1) is 32.1 Å². The van der Waals surface area contributed by atoms with E-state index in [0.717, 1.165) is 4.68 Å². The Morgan fingerprint density at radius 2 is 1.72 bits per heavy atom. The van der Waals surface area contributed by atoms with E-state index in [2.05, 4.69) is 10.4 Å². The van der Waals surface area contributed by atoms with Crippen LogP contribution >= 0.6 is 0 Å². The third kappa shape index (κ3) is 4.26. The number of nitrogens with one attached hydrogen (secondary N) is 1. The summed E-state index contributed by atoms with van der Waals surface area (Å²) in [4.78, 5) is 37.2. The zero-order valence-corrected chi connectivity index (χ0v) is 16.3. The molecule has 0 fully saturated rings. The van der Waals surface area contributed by atoms with Gasteiger partial charge in [-0.15, -0.1) is 0 Å². The molecule has 8 heteroatoms. The molecule has 1 aromatic heterocycles. The summed E-state index contributed by atoms with van der Waals surface area (Å²) in [6.45, 7) is 0. The number of aromatic nitrogens is 2. The molecule has 0 spiro atoms. The van der Waals surface area contributed by atoms with Gasteiger partial charge in [-0.1, -0.05) is 30.3 Å². The van der Waals surface area contributed by atoms with Crippen molar-refractivity contribution in [2.24, 2.45) is 7.05 Å². The predicted octanol–water partition coefficient (Wildman–Crippen LogP) is 1.98. The van der Waals surface area contributed by atoms with Crippen molar-refractivity contribution in [1.82, 2.24) is 15.1 Å². The zero-order valence-electron chi connectivity index (χ0n) is 16.3. The first-order valence-electron chi connectivity index (χ1n) is 8.92. The predicted molar refractivity (Wildman–Crippen MR) is 107 cm³/mol. The standard InChI is InChI=1S/C21H21N3O5/c1-24-21(27)16-7-5-4-6-15(16)19(23-24)20(26)22-17(12-18(25)29-3)13-8-10-14(28-2)11-9-13/h4-11,17H,12H2,1-3H3,(H,22,26). The molecule has 0 aliphatic rings. The first-order chi connectivity index (χ1) is 13.9. The lowest BCUT2D eigenvalue weighted by Crippen LogP contribution is -2.33. The fourth-order valence-electron chi connectivity index (χ4n) is 3.03. The number of benzene rings is 2. The summed E-state index contributed by atoms with van der Waals surface area (Å²) in [5, 5.41) is 7.80. The minimum Gasteiger partial charge on any atom is -0.497 e. The van der Waals surface area contributed by atoms with E-state index in [-0.39, 0.29) is 17.7 Å². The number of hydrogen-bond donors (Lipinski definition) is 1. The molecule has 0 radical (unpaired) electrons. The van der Waals surface area contributed by atoms with Gasteiger partial charge in [0.15, 0.2) is 5.69 Å². The summed E-state index contributed by atoms with van der Waals surface area (Å²) in [5.74, 6) is -0.312. The van der Waals surface area contributed by atoms with Crippen molar-refractivity contribution in [2.75, 3.05) is 14.2 Å². The first kappa shape index (κ1) is 20.1. The van der Waals surface area contributed by atoms with Crippen molar-refractivity contribution >= 4 is 22.6 Å². The van der Waals surface area contributed by atoms with Gasteiger partial charge in [0, 0.05) is 12.4 Å². The van der Waals surface area contributed by atoms with E-state index in [1.165, 1.54) is 14.2 Å². The van der Waals surface area contributed by atoms with Gasteiger partial charge in [0.2, 0.25) is 0 Å². The van der Waals surface area contributed by atoms with E-state index in [1.54, 1.807) is 55.6 Å². The highest BCUT2D eigenvalue weighted by molar-refractivity contribution is 6.05. The van der Waals surface area contributed by atoms with Crippen LogP contribution in [0.2, 0.25) is 0 Å². The number of fused-ring (bicyclic) bond motifs is 1. The first-order valence-corrected chi connectivity index (χ1v) is 8.92. The molecule has 29 heavy (non-hydrogen) atoms. The van der Waals surface area contributed by atoms with Gasteiger partial charge in [-0.3, -0.25) is 14.4 Å². The second kappa shape index (κ2) is 8.55. The number of methoxy groups -OCH3 is 2. The van der Waals surface area contributed by atoms with Gasteiger partial charge in [-0.2, -0.15) is 5.10 Å². The Labute approximate surface area is 167 Å². The summed E-state index contributed by atoms with van der Waals surface area (Å²) in [6.07, 6.45) is -0.0573. The normalized spacial score (nSPS) is 11.7. The second-order valence-electron chi connectivity index (χ2n) is 6.40. The number of nitrogens with zero attached hydrogens (tertiary/aromatic N) is 2. The van der Waals surface area contributed by atoms with E-state index in [4.69, 9.17) is 9.47 Å². The van der Waals surface area contributed by atoms with Gasteiger partial charge in [-0.25, -0.2) is 4.68 Å². The molecule has 1 unspecified atom stereocenters. The molecule has 0 aliphatic carbocycles. The summed E-state index contributed by atoms with van der Waals surface area (Å²) in [6, 6.07) is 13.1. The van der Waals surface area contributed by atoms with Gasteiger partial charge >= 0.3 is 5.97 Å². The average Bonchev–Trinajstić information content (AvgIpc) is 2.75. The number of amides is 1. The van der Waals surface area contributed by atoms with Crippen LogP contribution in [0.25, 0.3) is 10.8 Å². The molecule has 1 N–H and O–H groups in total. The number of rotatable bonds is 6. The Balaban J connectivity index is 1.98. The van der Waals surface area contributed by atoms with Crippen molar-refractivity contribution < 1.29 is 19.1 Å². The van der Waals surface area contributed by atoms with E-state index in [0.29, 0.717) is 22.1 Å². The van der Waals surface area contributed by atoms with Crippen LogP contribution in [0.1, 0.15) is 28.5 Å². The number of carbonyl (C=O) groups excluding carboxylic acids is 2. The summed E-state index contributed by atoms with van der Waals surface area (Å²) in [5.41, 5.74) is 0.517. The van der Waals surface area contributed by atoms with Gasteiger partial charge < -0.3 is 14.8 Å². The van der Waals surface area contributed by atoms with Crippen molar-refractivity contribution in [1.29, 1.82) is 0 Å². The average molecular weight is 395 g/mol. The number of hydrogen-bond acceptors (Lipinski definition) is 6. The molecular weight excluding hydrogens is 374 g/mol. The fraction of sp³-hybridized carbons (Fsp3) is 0.238. The Morgan fingerprint density at radius 3 is 2.34 bits per heavy atom. The molecule has 2 aromatic carbocycles. The fourth-order valence-corrected chi connectivity index (χ4v) is 3.03. The van der Waals surface area contributed by atoms with Crippen LogP contribution in [0.3, 0.4) is 0 Å². The molecule has 0 bridgehead atoms. The number of esters is 1. The smallest absolute Gasteiger partial charge is 0.307 e. The SMILES string of the molecule is COC(=O)CC(NC(=O)c1nn(C)c(=O)c2ccccc12)c1ccc(OC)cc1. The van der Waals surface area contributed by atoms with Crippen LogP contribution in [0.4, 0.5) is 0 Å². The van der Waals surface area contributed by atoms with E-state index in [9.17, 15) is 14.4 Å². The third-order valence-electron chi connectivity index (χ3n) is 4.59. The zero-order chi connectivity index (χ0) is 21.0. The molecule has 3 aromatic rings.